The van der Waals surface area contributed by atoms with E-state index in [1.54, 1.807) is 6.07 Å². The van der Waals surface area contributed by atoms with E-state index in [-0.39, 0.29) is 11.3 Å². The van der Waals surface area contributed by atoms with E-state index in [0.717, 1.165) is 12.1 Å². The van der Waals surface area contributed by atoms with Gasteiger partial charge in [-0.05, 0) is 30.3 Å². The first kappa shape index (κ1) is 17.3. The van der Waals surface area contributed by atoms with E-state index < -0.39 is 24.1 Å². The van der Waals surface area contributed by atoms with Gasteiger partial charge in [0.05, 0.1) is 0 Å². The summed E-state index contributed by atoms with van der Waals surface area (Å²) in [6.45, 7) is 0. The van der Waals surface area contributed by atoms with Crippen LogP contribution in [0.25, 0.3) is 11.1 Å². The van der Waals surface area contributed by atoms with Crippen LogP contribution in [0.4, 0.5) is 23.7 Å². The van der Waals surface area contributed by atoms with E-state index in [4.69, 9.17) is 4.42 Å². The van der Waals surface area contributed by atoms with Gasteiger partial charge >= 0.3 is 12.4 Å². The number of nitrogens with one attached hydrogen (secondary N) is 2. The number of ether oxygens (including phenoxy) is 1. The molecule has 0 unspecified atom stereocenters. The summed E-state index contributed by atoms with van der Waals surface area (Å²) in [4.78, 5) is 27.8. The molecule has 0 bridgehead atoms. The molecule has 0 fully saturated rings. The fourth-order valence-corrected chi connectivity index (χ4v) is 2.10. The fraction of sp³-hybridized carbons (Fsp3) is 0.0625. The number of hydrogen-bond acceptors (Lipinski definition) is 5. The van der Waals surface area contributed by atoms with Crippen molar-refractivity contribution in [3.05, 3.63) is 54.4 Å². The number of rotatable bonds is 3. The maximum Gasteiger partial charge on any atom is 0.573 e. The third-order valence-corrected chi connectivity index (χ3v) is 3.15. The Kier molecular flexibility index (Phi) is 4.48. The molecule has 26 heavy (non-hydrogen) atoms. The van der Waals surface area contributed by atoms with Crippen molar-refractivity contribution in [1.29, 1.82) is 0 Å². The first-order valence-electron chi connectivity index (χ1n) is 7.11. The van der Waals surface area contributed by atoms with Crippen LogP contribution < -0.4 is 15.4 Å². The summed E-state index contributed by atoms with van der Waals surface area (Å²) in [5, 5.41) is 4.30. The molecule has 0 radical (unpaired) electrons. The average molecular weight is 365 g/mol. The Morgan fingerprint density at radius 2 is 1.92 bits per heavy atom. The molecule has 3 aromatic rings. The molecule has 1 aromatic heterocycles. The number of benzene rings is 2. The van der Waals surface area contributed by atoms with E-state index in [9.17, 15) is 22.8 Å². The van der Waals surface area contributed by atoms with Crippen LogP contribution >= 0.6 is 0 Å². The van der Waals surface area contributed by atoms with Gasteiger partial charge in [-0.3, -0.25) is 10.1 Å². The third kappa shape index (κ3) is 4.29. The number of oxazole rings is 1. The lowest BCUT2D eigenvalue weighted by Gasteiger charge is -2.11. The zero-order chi connectivity index (χ0) is 18.7. The van der Waals surface area contributed by atoms with Crippen molar-refractivity contribution in [3.63, 3.8) is 0 Å². The molecule has 2 N–H and O–H groups in total. The van der Waals surface area contributed by atoms with Gasteiger partial charge in [-0.2, -0.15) is 0 Å². The lowest BCUT2D eigenvalue weighted by atomic mass is 10.2. The molecule has 0 spiro atoms. The number of hydrogen-bond donors (Lipinski definition) is 2. The SMILES string of the molecule is O=C(NC(=O)c1ccc2ncoc2c1)Nc1cccc(OC(F)(F)F)c1. The molecule has 0 aliphatic carbocycles. The number of imide groups is 1. The highest BCUT2D eigenvalue weighted by Gasteiger charge is 2.31. The Bertz CT molecular complexity index is 969. The second-order valence-electron chi connectivity index (χ2n) is 5.02. The van der Waals surface area contributed by atoms with E-state index in [1.165, 1.54) is 30.7 Å². The molecule has 10 heteroatoms. The molecule has 0 aliphatic rings. The second-order valence-corrected chi connectivity index (χ2v) is 5.02. The number of carbonyl (C=O) groups excluding carboxylic acids is 2. The molecule has 1 heterocycles. The van der Waals surface area contributed by atoms with Crippen molar-refractivity contribution in [2.45, 2.75) is 6.36 Å². The summed E-state index contributed by atoms with van der Waals surface area (Å²) in [5.41, 5.74) is 1.09. The summed E-state index contributed by atoms with van der Waals surface area (Å²) < 4.78 is 45.4. The standard InChI is InChI=1S/C16H10F3N3O4/c17-16(18,19)26-11-3-1-2-10(7-11)21-15(24)22-14(23)9-4-5-12-13(6-9)25-8-20-12/h1-8H,(H2,21,22,23,24). The average Bonchev–Trinajstić information content (AvgIpc) is 3.00. The van der Waals surface area contributed by atoms with Crippen LogP contribution in [0.3, 0.4) is 0 Å². The van der Waals surface area contributed by atoms with E-state index in [0.29, 0.717) is 11.1 Å². The van der Waals surface area contributed by atoms with Gasteiger partial charge in [0.15, 0.2) is 12.0 Å². The number of alkyl halides is 3. The van der Waals surface area contributed by atoms with Crippen LogP contribution in [0.5, 0.6) is 5.75 Å². The van der Waals surface area contributed by atoms with Gasteiger partial charge in [0.2, 0.25) is 0 Å². The van der Waals surface area contributed by atoms with Crippen LogP contribution in [-0.4, -0.2) is 23.3 Å². The highest BCUT2D eigenvalue weighted by molar-refractivity contribution is 6.08. The predicted octanol–water partition coefficient (Wildman–Crippen LogP) is 3.69. The molecular weight excluding hydrogens is 355 g/mol. The van der Waals surface area contributed by atoms with Crippen molar-refractivity contribution < 1.29 is 31.9 Å². The molecule has 3 amide bonds. The van der Waals surface area contributed by atoms with E-state index in [1.807, 2.05) is 0 Å². The Morgan fingerprint density at radius 1 is 1.12 bits per heavy atom. The minimum absolute atomic E-state index is 0.0164. The molecule has 0 saturated heterocycles. The summed E-state index contributed by atoms with van der Waals surface area (Å²) in [6.07, 6.45) is -3.63. The fourth-order valence-electron chi connectivity index (χ4n) is 2.10. The molecule has 7 nitrogen and oxygen atoms in total. The molecule has 2 aromatic carbocycles. The molecule has 0 aliphatic heterocycles. The number of aromatic nitrogens is 1. The Balaban J connectivity index is 1.64. The van der Waals surface area contributed by atoms with Gasteiger partial charge in [-0.1, -0.05) is 6.07 Å². The Hall–Kier alpha value is -3.56. The van der Waals surface area contributed by atoms with Crippen molar-refractivity contribution in [3.8, 4) is 5.75 Å². The first-order valence-corrected chi connectivity index (χ1v) is 7.11. The van der Waals surface area contributed by atoms with Gasteiger partial charge in [0.1, 0.15) is 11.3 Å². The first-order chi connectivity index (χ1) is 12.3. The predicted molar refractivity (Wildman–Crippen MR) is 83.6 cm³/mol. The Morgan fingerprint density at radius 3 is 2.69 bits per heavy atom. The Labute approximate surface area is 143 Å². The van der Waals surface area contributed by atoms with Crippen LogP contribution in [0, 0.1) is 0 Å². The smallest absolute Gasteiger partial charge is 0.443 e. The van der Waals surface area contributed by atoms with Gasteiger partial charge in [0.25, 0.3) is 5.91 Å². The summed E-state index contributed by atoms with van der Waals surface area (Å²) in [7, 11) is 0. The molecule has 134 valence electrons. The number of urea groups is 1. The van der Waals surface area contributed by atoms with E-state index in [2.05, 4.69) is 20.4 Å². The number of nitrogens with zero attached hydrogens (tertiary/aromatic N) is 1. The normalized spacial score (nSPS) is 11.2. The maximum atomic E-state index is 12.2. The third-order valence-electron chi connectivity index (χ3n) is 3.15. The number of halogens is 3. The summed E-state index contributed by atoms with van der Waals surface area (Å²) in [6, 6.07) is 8.13. The van der Waals surface area contributed by atoms with Crippen LogP contribution in [0.15, 0.2) is 53.3 Å². The monoisotopic (exact) mass is 365 g/mol. The molecular formula is C16H10F3N3O4. The largest absolute Gasteiger partial charge is 0.573 e. The lowest BCUT2D eigenvalue weighted by Crippen LogP contribution is -2.34. The number of amides is 3. The maximum absolute atomic E-state index is 12.2. The number of carbonyl (C=O) groups is 2. The number of fused-ring (bicyclic) bond motifs is 1. The van der Waals surface area contributed by atoms with Gasteiger partial charge < -0.3 is 14.5 Å². The summed E-state index contributed by atoms with van der Waals surface area (Å²) in [5.74, 6) is -1.22. The lowest BCUT2D eigenvalue weighted by molar-refractivity contribution is -0.274. The zero-order valence-electron chi connectivity index (χ0n) is 12.8. The van der Waals surface area contributed by atoms with Crippen LogP contribution in [0.1, 0.15) is 10.4 Å². The van der Waals surface area contributed by atoms with Crippen LogP contribution in [-0.2, 0) is 0 Å². The molecule has 3 rings (SSSR count). The highest BCUT2D eigenvalue weighted by Crippen LogP contribution is 2.25. The molecule has 0 saturated carbocycles. The van der Waals surface area contributed by atoms with Gasteiger partial charge in [0, 0.05) is 17.3 Å². The summed E-state index contributed by atoms with van der Waals surface area (Å²) >= 11 is 0. The zero-order valence-corrected chi connectivity index (χ0v) is 12.8. The minimum Gasteiger partial charge on any atom is -0.443 e. The van der Waals surface area contributed by atoms with Crippen molar-refractivity contribution in [1.82, 2.24) is 10.3 Å². The highest BCUT2D eigenvalue weighted by atomic mass is 19.4. The quantitative estimate of drug-likeness (QED) is 0.738. The van der Waals surface area contributed by atoms with Crippen LogP contribution in [0.2, 0.25) is 0 Å². The second kappa shape index (κ2) is 6.75. The van der Waals surface area contributed by atoms with E-state index >= 15 is 0 Å². The number of anilines is 1. The van der Waals surface area contributed by atoms with Crippen molar-refractivity contribution >= 4 is 28.7 Å². The van der Waals surface area contributed by atoms with Crippen molar-refractivity contribution in [2.75, 3.05) is 5.32 Å². The molecule has 0 atom stereocenters. The van der Waals surface area contributed by atoms with Gasteiger partial charge in [-0.15, -0.1) is 13.2 Å². The van der Waals surface area contributed by atoms with Gasteiger partial charge in [-0.25, -0.2) is 9.78 Å². The minimum atomic E-state index is -4.85. The topological polar surface area (TPSA) is 93.5 Å². The van der Waals surface area contributed by atoms with Crippen molar-refractivity contribution in [2.24, 2.45) is 0 Å².